The van der Waals surface area contributed by atoms with Crippen molar-refractivity contribution in [3.63, 3.8) is 0 Å². The molecule has 2 fully saturated rings. The predicted molar refractivity (Wildman–Crippen MR) is 111 cm³/mol. The van der Waals surface area contributed by atoms with Gasteiger partial charge in [0.15, 0.2) is 5.82 Å². The molecule has 2 heterocycles. The zero-order valence-corrected chi connectivity index (χ0v) is 18.7. The smallest absolute Gasteiger partial charge is 0.417 e. The van der Waals surface area contributed by atoms with Gasteiger partial charge in [-0.05, 0) is 44.1 Å². The lowest BCUT2D eigenvalue weighted by atomic mass is 9.58. The van der Waals surface area contributed by atoms with E-state index in [1.807, 2.05) is 0 Å². The maximum absolute atomic E-state index is 13.6. The lowest BCUT2D eigenvalue weighted by molar-refractivity contribution is -0.137. The Hall–Kier alpha value is -2.85. The van der Waals surface area contributed by atoms with Gasteiger partial charge in [-0.15, -0.1) is 20.4 Å². The van der Waals surface area contributed by atoms with Gasteiger partial charge in [-0.25, -0.2) is 0 Å². The summed E-state index contributed by atoms with van der Waals surface area (Å²) in [6.07, 6.45) is 0.0344. The Labute approximate surface area is 192 Å². The van der Waals surface area contributed by atoms with Crippen LogP contribution in [0.5, 0.6) is 0 Å². The van der Waals surface area contributed by atoms with Gasteiger partial charge in [0.05, 0.1) is 5.56 Å². The van der Waals surface area contributed by atoms with Crippen LogP contribution in [-0.2, 0) is 24.6 Å². The van der Waals surface area contributed by atoms with Gasteiger partial charge in [-0.3, -0.25) is 0 Å². The molecule has 34 heavy (non-hydrogen) atoms. The van der Waals surface area contributed by atoms with Crippen molar-refractivity contribution in [3.05, 3.63) is 47.4 Å². The van der Waals surface area contributed by atoms with E-state index in [-0.39, 0.29) is 29.1 Å². The molecule has 5 rings (SSSR count). The van der Waals surface area contributed by atoms with Gasteiger partial charge in [0.1, 0.15) is 5.82 Å². The number of fused-ring (bicyclic) bond motifs is 2. The lowest BCUT2D eigenvalue weighted by Crippen LogP contribution is -2.40. The molecule has 0 radical (unpaired) electrons. The van der Waals surface area contributed by atoms with Crippen molar-refractivity contribution in [3.8, 4) is 11.4 Å². The van der Waals surface area contributed by atoms with Crippen molar-refractivity contribution in [2.24, 2.45) is 13.0 Å². The van der Waals surface area contributed by atoms with E-state index < -0.39 is 29.0 Å². The summed E-state index contributed by atoms with van der Waals surface area (Å²) in [4.78, 5) is 0. The highest BCUT2D eigenvalue weighted by atomic mass is 19.4. The molecule has 0 spiro atoms. The van der Waals surface area contributed by atoms with Gasteiger partial charge < -0.3 is 8.98 Å². The molecule has 2 bridgehead atoms. The molecule has 0 N–H and O–H groups in total. The molecule has 2 aliphatic rings. The Bertz CT molecular complexity index is 1200. The number of hydrogen-bond donors (Lipinski definition) is 0. The average Bonchev–Trinajstić information content (AvgIpc) is 3.42. The van der Waals surface area contributed by atoms with E-state index >= 15 is 0 Å². The second-order valence-corrected chi connectivity index (χ2v) is 9.57. The first-order chi connectivity index (χ1) is 16.0. The first-order valence-electron chi connectivity index (χ1n) is 11.3. The Morgan fingerprint density at radius 1 is 1.00 bits per heavy atom. The van der Waals surface area contributed by atoms with E-state index in [4.69, 9.17) is 4.42 Å². The van der Waals surface area contributed by atoms with Gasteiger partial charge in [-0.2, -0.15) is 22.0 Å². The zero-order valence-electron chi connectivity index (χ0n) is 18.7. The van der Waals surface area contributed by atoms with E-state index in [1.165, 1.54) is 12.1 Å². The van der Waals surface area contributed by atoms with Crippen LogP contribution in [0.2, 0.25) is 0 Å². The third-order valence-electron chi connectivity index (χ3n) is 7.35. The van der Waals surface area contributed by atoms with E-state index in [9.17, 15) is 22.0 Å². The fourth-order valence-corrected chi connectivity index (χ4v) is 5.73. The van der Waals surface area contributed by atoms with E-state index in [2.05, 4.69) is 20.4 Å². The number of hydrogen-bond acceptors (Lipinski definition) is 5. The largest absolute Gasteiger partial charge is 0.419 e. The fourth-order valence-electron chi connectivity index (χ4n) is 5.73. The van der Waals surface area contributed by atoms with Crippen LogP contribution in [-0.4, -0.2) is 25.0 Å². The molecular weight excluding hydrogens is 457 g/mol. The molecule has 6 nitrogen and oxygen atoms in total. The van der Waals surface area contributed by atoms with Crippen LogP contribution in [0.4, 0.5) is 22.0 Å². The van der Waals surface area contributed by atoms with E-state index in [0.717, 1.165) is 32.3 Å². The van der Waals surface area contributed by atoms with Crippen LogP contribution in [0.3, 0.4) is 0 Å². The van der Waals surface area contributed by atoms with Crippen LogP contribution >= 0.6 is 0 Å². The second kappa shape index (κ2) is 7.84. The second-order valence-electron chi connectivity index (χ2n) is 9.57. The maximum Gasteiger partial charge on any atom is 0.417 e. The standard InChI is InChI=1S/C23H24F5N5O/c1-21(24,25)19-31-32-20(34-19)22-10-5-6-13(12-22)14(9-11-22)17-29-30-18(33(17)2)15-7-3-4-8-16(15)23(26,27)28/h3-4,7-8,13-14H,5-6,9-12H2,1-2H3. The summed E-state index contributed by atoms with van der Waals surface area (Å²) in [5.41, 5.74) is -1.22. The lowest BCUT2D eigenvalue weighted by Gasteiger charge is -2.46. The van der Waals surface area contributed by atoms with Crippen LogP contribution in [0.1, 0.15) is 74.5 Å². The number of rotatable bonds is 4. The molecule has 182 valence electrons. The third-order valence-corrected chi connectivity index (χ3v) is 7.35. The van der Waals surface area contributed by atoms with Crippen molar-refractivity contribution in [1.29, 1.82) is 0 Å². The van der Waals surface area contributed by atoms with Gasteiger partial charge in [0.25, 0.3) is 5.89 Å². The van der Waals surface area contributed by atoms with Crippen LogP contribution < -0.4 is 0 Å². The molecule has 2 aliphatic carbocycles. The summed E-state index contributed by atoms with van der Waals surface area (Å²) in [7, 11) is 1.69. The average molecular weight is 481 g/mol. The van der Waals surface area contributed by atoms with E-state index in [0.29, 0.717) is 25.1 Å². The molecule has 11 heteroatoms. The quantitative estimate of drug-likeness (QED) is 0.428. The SMILES string of the molecule is Cn1c(-c2ccccc2C(F)(F)F)nnc1C1CCC2(c3nnc(C(C)(F)F)o3)CCCC1C2. The summed E-state index contributed by atoms with van der Waals surface area (Å²) in [5, 5.41) is 16.0. The van der Waals surface area contributed by atoms with Gasteiger partial charge in [-0.1, -0.05) is 24.6 Å². The summed E-state index contributed by atoms with van der Waals surface area (Å²) in [5.74, 6) is -2.66. The van der Waals surface area contributed by atoms with Crippen LogP contribution in [0.25, 0.3) is 11.4 Å². The minimum atomic E-state index is -4.51. The first-order valence-corrected chi connectivity index (χ1v) is 11.3. The number of nitrogens with zero attached hydrogens (tertiary/aromatic N) is 5. The van der Waals surface area contributed by atoms with E-state index in [1.54, 1.807) is 17.7 Å². The summed E-state index contributed by atoms with van der Waals surface area (Å²) in [6, 6.07) is 5.34. The van der Waals surface area contributed by atoms with Crippen molar-refractivity contribution < 1.29 is 26.4 Å². The molecular formula is C23H24F5N5O. The monoisotopic (exact) mass is 481 g/mol. The van der Waals surface area contributed by atoms with Crippen molar-refractivity contribution in [2.75, 3.05) is 0 Å². The Balaban J connectivity index is 1.44. The summed E-state index contributed by atoms with van der Waals surface area (Å²) >= 11 is 0. The van der Waals surface area contributed by atoms with Crippen LogP contribution in [0.15, 0.2) is 28.7 Å². The highest BCUT2D eigenvalue weighted by molar-refractivity contribution is 5.61. The Morgan fingerprint density at radius 3 is 2.47 bits per heavy atom. The molecule has 3 aromatic rings. The van der Waals surface area contributed by atoms with Crippen molar-refractivity contribution in [1.82, 2.24) is 25.0 Å². The molecule has 2 saturated carbocycles. The molecule has 0 aliphatic heterocycles. The third kappa shape index (κ3) is 3.78. The minimum Gasteiger partial charge on any atom is -0.419 e. The normalized spacial score (nSPS) is 25.5. The van der Waals surface area contributed by atoms with Crippen LogP contribution in [0, 0.1) is 5.92 Å². The predicted octanol–water partition coefficient (Wildman–Crippen LogP) is 6.00. The Morgan fingerprint density at radius 2 is 1.76 bits per heavy atom. The summed E-state index contributed by atoms with van der Waals surface area (Å²) < 4.78 is 75.0. The topological polar surface area (TPSA) is 69.6 Å². The van der Waals surface area contributed by atoms with Crippen molar-refractivity contribution in [2.45, 2.75) is 68.9 Å². The van der Waals surface area contributed by atoms with Gasteiger partial charge >= 0.3 is 12.1 Å². The molecule has 3 atom stereocenters. The van der Waals surface area contributed by atoms with Gasteiger partial charge in [0.2, 0.25) is 5.89 Å². The molecule has 2 aromatic heterocycles. The number of alkyl halides is 5. The van der Waals surface area contributed by atoms with Crippen molar-refractivity contribution >= 4 is 0 Å². The fraction of sp³-hybridized carbons (Fsp3) is 0.565. The highest BCUT2D eigenvalue weighted by Crippen LogP contribution is 2.55. The molecule has 3 unspecified atom stereocenters. The van der Waals surface area contributed by atoms with Gasteiger partial charge in [0, 0.05) is 30.9 Å². The number of aromatic nitrogens is 5. The highest BCUT2D eigenvalue weighted by Gasteiger charge is 2.50. The molecule has 1 aromatic carbocycles. The zero-order chi connectivity index (χ0) is 24.3. The number of halogens is 5. The maximum atomic E-state index is 13.6. The minimum absolute atomic E-state index is 0.00673. The molecule has 0 amide bonds. The molecule has 0 saturated heterocycles. The first kappa shape index (κ1) is 22.9. The summed E-state index contributed by atoms with van der Waals surface area (Å²) in [6.45, 7) is 0.727. The Kier molecular flexibility index (Phi) is 5.29. The number of benzene rings is 1.